The molecule has 0 atom stereocenters. The first-order valence-electron chi connectivity index (χ1n) is 5.85. The highest BCUT2D eigenvalue weighted by Crippen LogP contribution is 2.40. The summed E-state index contributed by atoms with van der Waals surface area (Å²) >= 11 is 7.09. The molecular formula is C13H10BrIN2OS. The second-order valence-electron chi connectivity index (χ2n) is 4.43. The normalized spacial score (nSPS) is 14.4. The molecule has 1 aliphatic carbocycles. The Balaban J connectivity index is 1.77. The zero-order chi connectivity index (χ0) is 13.4. The molecule has 1 aliphatic rings. The van der Waals surface area contributed by atoms with Crippen LogP contribution in [0.4, 0.5) is 5.13 Å². The zero-order valence-corrected chi connectivity index (χ0v) is 14.4. The molecule has 1 fully saturated rings. The molecule has 1 amide bonds. The predicted molar refractivity (Wildman–Crippen MR) is 88.9 cm³/mol. The van der Waals surface area contributed by atoms with E-state index >= 15 is 0 Å². The summed E-state index contributed by atoms with van der Waals surface area (Å²) in [5, 5.41) is 5.58. The van der Waals surface area contributed by atoms with Gasteiger partial charge < -0.3 is 0 Å². The predicted octanol–water partition coefficient (Wildman–Crippen LogP) is 4.64. The molecule has 2 aromatic rings. The van der Waals surface area contributed by atoms with E-state index in [9.17, 15) is 4.79 Å². The number of amides is 1. The fraction of sp³-hybridized carbons (Fsp3) is 0.231. The van der Waals surface area contributed by atoms with Crippen LogP contribution in [0.3, 0.4) is 0 Å². The van der Waals surface area contributed by atoms with Crippen LogP contribution < -0.4 is 5.32 Å². The van der Waals surface area contributed by atoms with E-state index in [1.54, 1.807) is 0 Å². The molecule has 1 heterocycles. The van der Waals surface area contributed by atoms with E-state index in [0.29, 0.717) is 16.6 Å². The van der Waals surface area contributed by atoms with Crippen molar-refractivity contribution in [1.82, 2.24) is 4.98 Å². The van der Waals surface area contributed by atoms with Gasteiger partial charge in [-0.25, -0.2) is 4.98 Å². The van der Waals surface area contributed by atoms with E-state index in [-0.39, 0.29) is 5.91 Å². The average Bonchev–Trinajstić information content (AvgIpc) is 3.13. The zero-order valence-electron chi connectivity index (χ0n) is 9.82. The van der Waals surface area contributed by atoms with Crippen molar-refractivity contribution in [3.05, 3.63) is 42.9 Å². The summed E-state index contributed by atoms with van der Waals surface area (Å²) < 4.78 is 1.83. The topological polar surface area (TPSA) is 42.0 Å². The average molecular weight is 449 g/mol. The highest BCUT2D eigenvalue weighted by Gasteiger charge is 2.26. The van der Waals surface area contributed by atoms with Gasteiger partial charge in [-0.15, -0.1) is 11.3 Å². The molecule has 0 unspecified atom stereocenters. The molecule has 0 radical (unpaired) electrons. The Kier molecular flexibility index (Phi) is 3.91. The maximum atomic E-state index is 12.2. The maximum absolute atomic E-state index is 12.2. The molecule has 0 saturated heterocycles. The summed E-state index contributed by atoms with van der Waals surface area (Å²) in [6.45, 7) is 0. The molecule has 3 nitrogen and oxygen atoms in total. The lowest BCUT2D eigenvalue weighted by molar-refractivity contribution is 0.102. The lowest BCUT2D eigenvalue weighted by Gasteiger charge is -2.04. The lowest BCUT2D eigenvalue weighted by Crippen LogP contribution is -2.12. The maximum Gasteiger partial charge on any atom is 0.258 e. The SMILES string of the molecule is O=C(Nc1nc(C2CC2)cs1)c1cc(I)ccc1Br. The third-order valence-electron chi connectivity index (χ3n) is 2.91. The van der Waals surface area contributed by atoms with E-state index in [4.69, 9.17) is 0 Å². The first kappa shape index (κ1) is 13.5. The van der Waals surface area contributed by atoms with Crippen LogP contribution in [0.25, 0.3) is 0 Å². The van der Waals surface area contributed by atoms with E-state index in [0.717, 1.165) is 13.7 Å². The smallest absolute Gasteiger partial charge is 0.258 e. The van der Waals surface area contributed by atoms with Crippen molar-refractivity contribution in [2.45, 2.75) is 18.8 Å². The molecule has 0 aliphatic heterocycles. The Morgan fingerprint density at radius 3 is 3.00 bits per heavy atom. The summed E-state index contributed by atoms with van der Waals surface area (Å²) in [7, 11) is 0. The number of benzene rings is 1. The number of halogens is 2. The Labute approximate surface area is 137 Å². The first-order chi connectivity index (χ1) is 9.13. The van der Waals surface area contributed by atoms with E-state index in [1.165, 1.54) is 24.2 Å². The standard InChI is InChI=1S/C13H10BrIN2OS/c14-10-4-3-8(15)5-9(10)12(18)17-13-16-11(6-19-13)7-1-2-7/h3-7H,1-2H2,(H,16,17,18). The van der Waals surface area contributed by atoms with Crippen molar-refractivity contribution < 1.29 is 4.79 Å². The van der Waals surface area contributed by atoms with Crippen LogP contribution in [0.2, 0.25) is 0 Å². The molecule has 1 aromatic carbocycles. The van der Waals surface area contributed by atoms with Crippen LogP contribution in [0.1, 0.15) is 34.8 Å². The van der Waals surface area contributed by atoms with Gasteiger partial charge in [0.25, 0.3) is 5.91 Å². The minimum Gasteiger partial charge on any atom is -0.298 e. The number of rotatable bonds is 3. The van der Waals surface area contributed by atoms with E-state index < -0.39 is 0 Å². The minimum atomic E-state index is -0.123. The summed E-state index contributed by atoms with van der Waals surface area (Å²) in [5.74, 6) is 0.494. The van der Waals surface area contributed by atoms with Gasteiger partial charge in [0.1, 0.15) is 0 Å². The second-order valence-corrected chi connectivity index (χ2v) is 7.39. The van der Waals surface area contributed by atoms with Crippen molar-refractivity contribution in [2.24, 2.45) is 0 Å². The van der Waals surface area contributed by atoms with Crippen LogP contribution in [-0.4, -0.2) is 10.9 Å². The van der Waals surface area contributed by atoms with Gasteiger partial charge in [0.15, 0.2) is 5.13 Å². The minimum absolute atomic E-state index is 0.123. The Bertz CT molecular complexity index is 639. The van der Waals surface area contributed by atoms with Crippen molar-refractivity contribution >= 4 is 60.9 Å². The van der Waals surface area contributed by atoms with E-state index in [2.05, 4.69) is 48.8 Å². The van der Waals surface area contributed by atoms with Crippen LogP contribution in [0.5, 0.6) is 0 Å². The number of hydrogen-bond acceptors (Lipinski definition) is 3. The number of aromatic nitrogens is 1. The molecular weight excluding hydrogens is 439 g/mol. The summed E-state index contributed by atoms with van der Waals surface area (Å²) in [5.41, 5.74) is 1.75. The van der Waals surface area contributed by atoms with E-state index in [1.807, 2.05) is 23.6 Å². The number of thiazole rings is 1. The molecule has 6 heteroatoms. The molecule has 98 valence electrons. The highest BCUT2D eigenvalue weighted by atomic mass is 127. The van der Waals surface area contributed by atoms with Gasteiger partial charge in [-0.05, 0) is 69.6 Å². The van der Waals surface area contributed by atoms with Gasteiger partial charge in [-0.2, -0.15) is 0 Å². The number of carbonyl (C=O) groups excluding carboxylic acids is 1. The van der Waals surface area contributed by atoms with Crippen LogP contribution in [0.15, 0.2) is 28.1 Å². The molecule has 1 aromatic heterocycles. The van der Waals surface area contributed by atoms with Gasteiger partial charge in [0.05, 0.1) is 11.3 Å². The molecule has 1 saturated carbocycles. The quantitative estimate of drug-likeness (QED) is 0.695. The first-order valence-corrected chi connectivity index (χ1v) is 8.60. The Morgan fingerprint density at radius 2 is 2.26 bits per heavy atom. The van der Waals surface area contributed by atoms with Gasteiger partial charge in [-0.3, -0.25) is 10.1 Å². The summed E-state index contributed by atoms with van der Waals surface area (Å²) in [4.78, 5) is 16.7. The third-order valence-corrected chi connectivity index (χ3v) is 5.05. The second kappa shape index (κ2) is 5.49. The number of nitrogens with zero attached hydrogens (tertiary/aromatic N) is 1. The molecule has 1 N–H and O–H groups in total. The van der Waals surface area contributed by atoms with Crippen molar-refractivity contribution in [2.75, 3.05) is 5.32 Å². The lowest BCUT2D eigenvalue weighted by atomic mass is 10.2. The summed E-state index contributed by atoms with van der Waals surface area (Å²) in [6, 6.07) is 5.69. The van der Waals surface area contributed by atoms with Crippen LogP contribution >= 0.6 is 49.9 Å². The fourth-order valence-electron chi connectivity index (χ4n) is 1.75. The molecule has 19 heavy (non-hydrogen) atoms. The highest BCUT2D eigenvalue weighted by molar-refractivity contribution is 14.1. The number of carbonyl (C=O) groups is 1. The largest absolute Gasteiger partial charge is 0.298 e. The monoisotopic (exact) mass is 448 g/mol. The van der Waals surface area contributed by atoms with Crippen molar-refractivity contribution in [3.63, 3.8) is 0 Å². The number of anilines is 1. The molecule has 3 rings (SSSR count). The van der Waals surface area contributed by atoms with Gasteiger partial charge in [0.2, 0.25) is 0 Å². The van der Waals surface area contributed by atoms with Crippen LogP contribution in [0, 0.1) is 3.57 Å². The van der Waals surface area contributed by atoms with Gasteiger partial charge in [0, 0.05) is 19.3 Å². The van der Waals surface area contributed by atoms with Crippen LogP contribution in [-0.2, 0) is 0 Å². The Hall–Kier alpha value is -0.470. The Morgan fingerprint density at radius 1 is 1.47 bits per heavy atom. The molecule has 0 spiro atoms. The van der Waals surface area contributed by atoms with Gasteiger partial charge >= 0.3 is 0 Å². The molecule has 0 bridgehead atoms. The third kappa shape index (κ3) is 3.17. The van der Waals surface area contributed by atoms with Crippen molar-refractivity contribution in [3.8, 4) is 0 Å². The summed E-state index contributed by atoms with van der Waals surface area (Å²) in [6.07, 6.45) is 2.44. The number of hydrogen-bond donors (Lipinski definition) is 1. The van der Waals surface area contributed by atoms with Crippen molar-refractivity contribution in [1.29, 1.82) is 0 Å². The fourth-order valence-corrected chi connectivity index (χ4v) is 3.45. The number of nitrogens with one attached hydrogen (secondary N) is 1. The van der Waals surface area contributed by atoms with Gasteiger partial charge in [-0.1, -0.05) is 0 Å².